The molecular formula is C34H38N4O5S2. The van der Waals surface area contributed by atoms with Crippen molar-refractivity contribution in [2.45, 2.75) is 49.2 Å². The van der Waals surface area contributed by atoms with Crippen molar-refractivity contribution in [2.24, 2.45) is 0 Å². The van der Waals surface area contributed by atoms with Crippen LogP contribution in [-0.4, -0.2) is 53.5 Å². The number of carbonyl (C=O) groups is 1. The van der Waals surface area contributed by atoms with E-state index in [2.05, 4.69) is 14.9 Å². The van der Waals surface area contributed by atoms with Crippen LogP contribution in [-0.2, 0) is 31.4 Å². The third-order valence-corrected chi connectivity index (χ3v) is 12.0. The van der Waals surface area contributed by atoms with Crippen molar-refractivity contribution >= 4 is 42.4 Å². The lowest BCUT2D eigenvalue weighted by atomic mass is 10.0. The summed E-state index contributed by atoms with van der Waals surface area (Å²) in [5.41, 5.74) is 2.92. The molecule has 1 amide bonds. The highest BCUT2D eigenvalue weighted by Crippen LogP contribution is 2.36. The molecule has 9 nitrogen and oxygen atoms in total. The van der Waals surface area contributed by atoms with Gasteiger partial charge in [0.05, 0.1) is 28.4 Å². The molecule has 2 heterocycles. The summed E-state index contributed by atoms with van der Waals surface area (Å²) in [6, 6.07) is 25.5. The lowest BCUT2D eigenvalue weighted by molar-refractivity contribution is -0.122. The first kappa shape index (κ1) is 31.2. The number of fused-ring (bicyclic) bond motifs is 2. The Morgan fingerprint density at radius 2 is 1.60 bits per heavy atom. The van der Waals surface area contributed by atoms with Gasteiger partial charge in [-0.3, -0.25) is 14.0 Å². The van der Waals surface area contributed by atoms with Crippen molar-refractivity contribution in [3.8, 4) is 0 Å². The summed E-state index contributed by atoms with van der Waals surface area (Å²) in [6.45, 7) is 2.79. The Bertz CT molecular complexity index is 1910. The monoisotopic (exact) mass is 646 g/mol. The highest BCUT2D eigenvalue weighted by molar-refractivity contribution is 7.92. The molecule has 0 aromatic heterocycles. The first-order chi connectivity index (χ1) is 21.6. The summed E-state index contributed by atoms with van der Waals surface area (Å²) >= 11 is 0. The van der Waals surface area contributed by atoms with Gasteiger partial charge in [0, 0.05) is 20.0 Å². The van der Waals surface area contributed by atoms with Gasteiger partial charge in [0.1, 0.15) is 0 Å². The van der Waals surface area contributed by atoms with Crippen LogP contribution < -0.4 is 14.3 Å². The summed E-state index contributed by atoms with van der Waals surface area (Å²) in [5, 5.41) is 4.62. The van der Waals surface area contributed by atoms with E-state index in [9.17, 15) is 21.6 Å². The zero-order chi connectivity index (χ0) is 31.6. The SMILES string of the molecule is CN1c2cc(CN3CCCCC3)ccc2[C@@H](NC(=O)CC(NS(=O)(=O)c2ccc3ccccc3c2)c2ccccc2)CS1(=O)=O. The van der Waals surface area contributed by atoms with E-state index in [4.69, 9.17) is 0 Å². The van der Waals surface area contributed by atoms with Gasteiger partial charge in [-0.05, 0) is 71.6 Å². The molecular weight excluding hydrogens is 609 g/mol. The fourth-order valence-corrected chi connectivity index (χ4v) is 8.88. The molecule has 2 aliphatic heterocycles. The van der Waals surface area contributed by atoms with Crippen LogP contribution in [0.25, 0.3) is 10.8 Å². The van der Waals surface area contributed by atoms with Gasteiger partial charge in [-0.15, -0.1) is 0 Å². The van der Waals surface area contributed by atoms with Crippen molar-refractivity contribution < 1.29 is 21.6 Å². The minimum absolute atomic E-state index is 0.0956. The summed E-state index contributed by atoms with van der Waals surface area (Å²) in [7, 11) is -6.15. The molecule has 4 aromatic carbocycles. The number of likely N-dealkylation sites (tertiary alicyclic amines) is 1. The standard InChI is InChI=1S/C34H38N4O5S2/c1-37-33-20-25(23-38-18-8-3-9-19-38)14-17-30(33)32(24-44(37,40)41)35-34(39)22-31(27-11-4-2-5-12-27)36-45(42,43)29-16-15-26-10-6-7-13-28(26)21-29/h2,4-7,10-17,20-21,31-32,36H,3,8-9,18-19,22-24H2,1H3,(H,35,39)/t31?,32-/m0/s1. The van der Waals surface area contributed by atoms with E-state index in [-0.39, 0.29) is 17.1 Å². The van der Waals surface area contributed by atoms with Gasteiger partial charge in [-0.2, -0.15) is 0 Å². The predicted octanol–water partition coefficient (Wildman–Crippen LogP) is 4.87. The van der Waals surface area contributed by atoms with Crippen LogP contribution in [0.15, 0.2) is 95.9 Å². The third kappa shape index (κ3) is 7.06. The highest BCUT2D eigenvalue weighted by Gasteiger charge is 2.35. The number of rotatable bonds is 9. The number of nitrogens with one attached hydrogen (secondary N) is 2. The lowest BCUT2D eigenvalue weighted by Crippen LogP contribution is -2.44. The van der Waals surface area contributed by atoms with Gasteiger partial charge >= 0.3 is 0 Å². The first-order valence-electron chi connectivity index (χ1n) is 15.3. The Balaban J connectivity index is 1.23. The van der Waals surface area contributed by atoms with Crippen LogP contribution in [0, 0.1) is 0 Å². The quantitative estimate of drug-likeness (QED) is 0.268. The average Bonchev–Trinajstić information content (AvgIpc) is 3.03. The van der Waals surface area contributed by atoms with E-state index in [0.29, 0.717) is 11.3 Å². The van der Waals surface area contributed by atoms with Crippen molar-refractivity contribution in [3.05, 3.63) is 108 Å². The maximum absolute atomic E-state index is 13.6. The second kappa shape index (κ2) is 12.9. The molecule has 0 bridgehead atoms. The number of anilines is 1. The first-order valence-corrected chi connectivity index (χ1v) is 18.4. The Hall–Kier alpha value is -3.77. The van der Waals surface area contributed by atoms with E-state index < -0.39 is 38.0 Å². The van der Waals surface area contributed by atoms with Crippen LogP contribution in [0.1, 0.15) is 54.5 Å². The molecule has 0 spiro atoms. The van der Waals surface area contributed by atoms with Crippen LogP contribution >= 0.6 is 0 Å². The summed E-state index contributed by atoms with van der Waals surface area (Å²) < 4.78 is 57.5. The number of nitrogens with zero attached hydrogens (tertiary/aromatic N) is 2. The minimum Gasteiger partial charge on any atom is -0.348 e. The number of hydrogen-bond donors (Lipinski definition) is 2. The fourth-order valence-electron chi connectivity index (χ4n) is 6.25. The van der Waals surface area contributed by atoms with Gasteiger partial charge in [0.2, 0.25) is 26.0 Å². The molecule has 2 atom stereocenters. The second-order valence-electron chi connectivity index (χ2n) is 11.9. The molecule has 2 N–H and O–H groups in total. The van der Waals surface area contributed by atoms with Crippen molar-refractivity contribution in [1.82, 2.24) is 14.9 Å². The van der Waals surface area contributed by atoms with Crippen molar-refractivity contribution in [2.75, 3.05) is 30.2 Å². The number of piperidine rings is 1. The Kier molecular flexibility index (Phi) is 8.96. The average molecular weight is 647 g/mol. The minimum atomic E-state index is -4.01. The maximum Gasteiger partial charge on any atom is 0.241 e. The molecule has 1 saturated heterocycles. The summed E-state index contributed by atoms with van der Waals surface area (Å²) in [4.78, 5) is 16.0. The molecule has 0 aliphatic carbocycles. The molecule has 1 unspecified atom stereocenters. The molecule has 45 heavy (non-hydrogen) atoms. The predicted molar refractivity (Wildman–Crippen MR) is 177 cm³/mol. The fraction of sp³-hybridized carbons (Fsp3) is 0.324. The normalized spacial score (nSPS) is 19.1. The smallest absolute Gasteiger partial charge is 0.241 e. The Labute approximate surface area is 265 Å². The second-order valence-corrected chi connectivity index (χ2v) is 15.7. The zero-order valence-electron chi connectivity index (χ0n) is 25.2. The van der Waals surface area contributed by atoms with Crippen LogP contribution in [0.2, 0.25) is 0 Å². The zero-order valence-corrected chi connectivity index (χ0v) is 26.9. The van der Waals surface area contributed by atoms with Gasteiger partial charge < -0.3 is 5.32 Å². The van der Waals surface area contributed by atoms with Crippen LogP contribution in [0.5, 0.6) is 0 Å². The number of benzene rings is 4. The third-order valence-electron chi connectivity index (χ3n) is 8.71. The number of amides is 1. The number of sulfonamides is 2. The lowest BCUT2D eigenvalue weighted by Gasteiger charge is -2.34. The van der Waals surface area contributed by atoms with E-state index in [1.54, 1.807) is 49.5 Å². The number of carbonyl (C=O) groups excluding carboxylic acids is 1. The van der Waals surface area contributed by atoms with Gasteiger partial charge in [0.15, 0.2) is 0 Å². The molecule has 11 heteroatoms. The molecule has 2 aliphatic rings. The van der Waals surface area contributed by atoms with E-state index >= 15 is 0 Å². The van der Waals surface area contributed by atoms with Crippen molar-refractivity contribution in [3.63, 3.8) is 0 Å². The van der Waals surface area contributed by atoms with Gasteiger partial charge in [0.25, 0.3) is 0 Å². The van der Waals surface area contributed by atoms with E-state index in [1.807, 2.05) is 48.5 Å². The molecule has 4 aromatic rings. The number of hydrogen-bond acceptors (Lipinski definition) is 6. The summed E-state index contributed by atoms with van der Waals surface area (Å²) in [6.07, 6.45) is 3.34. The van der Waals surface area contributed by atoms with Gasteiger partial charge in [-0.25, -0.2) is 21.6 Å². The van der Waals surface area contributed by atoms with E-state index in [1.165, 1.54) is 10.7 Å². The summed E-state index contributed by atoms with van der Waals surface area (Å²) in [5.74, 6) is -0.745. The molecule has 6 rings (SSSR count). The Morgan fingerprint density at radius 1 is 0.889 bits per heavy atom. The van der Waals surface area contributed by atoms with E-state index in [0.717, 1.165) is 54.4 Å². The van der Waals surface area contributed by atoms with Gasteiger partial charge in [-0.1, -0.05) is 79.2 Å². The molecule has 0 saturated carbocycles. The highest BCUT2D eigenvalue weighted by atomic mass is 32.2. The molecule has 236 valence electrons. The molecule has 0 radical (unpaired) electrons. The molecule has 1 fully saturated rings. The largest absolute Gasteiger partial charge is 0.348 e. The van der Waals surface area contributed by atoms with Crippen LogP contribution in [0.3, 0.4) is 0 Å². The topological polar surface area (TPSA) is 116 Å². The van der Waals surface area contributed by atoms with Crippen LogP contribution in [0.4, 0.5) is 5.69 Å². The maximum atomic E-state index is 13.6. The van der Waals surface area contributed by atoms with Crippen molar-refractivity contribution in [1.29, 1.82) is 0 Å². The Morgan fingerprint density at radius 3 is 2.36 bits per heavy atom.